The Hall–Kier alpha value is -3.27. The Balaban J connectivity index is 1.50. The van der Waals surface area contributed by atoms with E-state index >= 15 is 0 Å². The number of unbranched alkanes of at least 4 members (excludes halogenated alkanes) is 1. The number of carbonyl (C=O) groups excluding carboxylic acids is 2. The van der Waals surface area contributed by atoms with Gasteiger partial charge in [0.2, 0.25) is 16.9 Å². The lowest BCUT2D eigenvalue weighted by molar-refractivity contribution is -0.113. The van der Waals surface area contributed by atoms with E-state index in [-0.39, 0.29) is 17.6 Å². The molecule has 0 aliphatic rings. The van der Waals surface area contributed by atoms with Crippen molar-refractivity contribution in [2.75, 3.05) is 23.5 Å². The molecule has 0 saturated carbocycles. The molecule has 0 aliphatic heterocycles. The van der Waals surface area contributed by atoms with Crippen molar-refractivity contribution in [3.8, 4) is 11.6 Å². The standard InChI is InChI=1S/C19H21N5O4S/c1-2-3-10-28-18(26)13-6-8-14(9-7-13)21-16(25)12-29-19-23-22-17(24(19)20)15-5-4-11-27-15/h4-9,11H,2-3,10,12,20H2,1H3,(H,21,25). The number of nitrogens with zero attached hydrogens (tertiary/aromatic N) is 3. The van der Waals surface area contributed by atoms with Gasteiger partial charge in [-0.05, 0) is 42.8 Å². The molecular weight excluding hydrogens is 394 g/mol. The molecule has 0 radical (unpaired) electrons. The third kappa shape index (κ3) is 5.38. The Bertz CT molecular complexity index is 954. The molecule has 1 amide bonds. The van der Waals surface area contributed by atoms with E-state index in [0.29, 0.717) is 34.6 Å². The van der Waals surface area contributed by atoms with Gasteiger partial charge in [0.1, 0.15) is 0 Å². The van der Waals surface area contributed by atoms with Gasteiger partial charge in [0, 0.05) is 5.69 Å². The van der Waals surface area contributed by atoms with Gasteiger partial charge < -0.3 is 20.3 Å². The Kier molecular flexibility index (Phi) is 6.90. The van der Waals surface area contributed by atoms with Gasteiger partial charge in [-0.15, -0.1) is 10.2 Å². The number of benzene rings is 1. The van der Waals surface area contributed by atoms with Crippen molar-refractivity contribution in [3.05, 3.63) is 48.2 Å². The monoisotopic (exact) mass is 415 g/mol. The smallest absolute Gasteiger partial charge is 0.338 e. The van der Waals surface area contributed by atoms with Crippen LogP contribution in [0, 0.1) is 0 Å². The van der Waals surface area contributed by atoms with Gasteiger partial charge in [-0.1, -0.05) is 25.1 Å². The number of carbonyl (C=O) groups is 2. The van der Waals surface area contributed by atoms with E-state index in [4.69, 9.17) is 15.0 Å². The number of nitrogens with two attached hydrogens (primary N) is 1. The number of ether oxygens (including phenoxy) is 1. The zero-order chi connectivity index (χ0) is 20.6. The number of nitrogens with one attached hydrogen (secondary N) is 1. The molecule has 152 valence electrons. The number of esters is 1. The maximum absolute atomic E-state index is 12.2. The fraction of sp³-hybridized carbons (Fsp3) is 0.263. The number of nitrogen functional groups attached to an aromatic ring is 1. The van der Waals surface area contributed by atoms with Crippen molar-refractivity contribution in [2.24, 2.45) is 0 Å². The van der Waals surface area contributed by atoms with Crippen molar-refractivity contribution in [2.45, 2.75) is 24.9 Å². The average molecular weight is 415 g/mol. The number of rotatable bonds is 9. The summed E-state index contributed by atoms with van der Waals surface area (Å²) >= 11 is 1.15. The number of hydrogen-bond donors (Lipinski definition) is 2. The lowest BCUT2D eigenvalue weighted by atomic mass is 10.2. The van der Waals surface area contributed by atoms with Crippen molar-refractivity contribution in [1.82, 2.24) is 14.9 Å². The minimum Gasteiger partial charge on any atom is -0.462 e. The molecule has 0 spiro atoms. The first-order chi connectivity index (χ1) is 14.1. The van der Waals surface area contributed by atoms with Crippen LogP contribution in [-0.2, 0) is 9.53 Å². The highest BCUT2D eigenvalue weighted by molar-refractivity contribution is 7.99. The molecule has 3 rings (SSSR count). The van der Waals surface area contributed by atoms with Crippen LogP contribution in [-0.4, -0.2) is 39.1 Å². The van der Waals surface area contributed by atoms with Crippen molar-refractivity contribution in [1.29, 1.82) is 0 Å². The van der Waals surface area contributed by atoms with E-state index in [1.807, 2.05) is 6.92 Å². The summed E-state index contributed by atoms with van der Waals surface area (Å²) in [5.41, 5.74) is 1.02. The van der Waals surface area contributed by atoms with Crippen LogP contribution < -0.4 is 11.2 Å². The van der Waals surface area contributed by atoms with Crippen LogP contribution in [0.5, 0.6) is 0 Å². The molecule has 3 aromatic rings. The van der Waals surface area contributed by atoms with Gasteiger partial charge >= 0.3 is 5.97 Å². The van der Waals surface area contributed by atoms with Crippen LogP contribution in [0.1, 0.15) is 30.1 Å². The lowest BCUT2D eigenvalue weighted by Crippen LogP contribution is -2.16. The number of aromatic nitrogens is 3. The molecule has 3 N–H and O–H groups in total. The number of amides is 1. The molecule has 0 aliphatic carbocycles. The van der Waals surface area contributed by atoms with Crippen LogP contribution in [0.3, 0.4) is 0 Å². The lowest BCUT2D eigenvalue weighted by Gasteiger charge is -2.07. The first-order valence-electron chi connectivity index (χ1n) is 9.02. The number of thioether (sulfide) groups is 1. The molecule has 2 aromatic heterocycles. The maximum Gasteiger partial charge on any atom is 0.338 e. The Morgan fingerprint density at radius 3 is 2.72 bits per heavy atom. The second-order valence-electron chi connectivity index (χ2n) is 6.06. The van der Waals surface area contributed by atoms with Gasteiger partial charge in [0.05, 0.1) is 24.2 Å². The summed E-state index contributed by atoms with van der Waals surface area (Å²) in [4.78, 5) is 24.1. The zero-order valence-corrected chi connectivity index (χ0v) is 16.6. The maximum atomic E-state index is 12.2. The first-order valence-corrected chi connectivity index (χ1v) is 10.0. The van der Waals surface area contributed by atoms with Crippen LogP contribution >= 0.6 is 11.8 Å². The number of furan rings is 1. The highest BCUT2D eigenvalue weighted by atomic mass is 32.2. The number of anilines is 1. The molecule has 29 heavy (non-hydrogen) atoms. The Morgan fingerprint density at radius 2 is 2.03 bits per heavy atom. The summed E-state index contributed by atoms with van der Waals surface area (Å²) < 4.78 is 11.7. The van der Waals surface area contributed by atoms with Gasteiger partial charge in [-0.25, -0.2) is 9.47 Å². The largest absolute Gasteiger partial charge is 0.462 e. The van der Waals surface area contributed by atoms with Crippen LogP contribution in [0.15, 0.2) is 52.2 Å². The topological polar surface area (TPSA) is 125 Å². The van der Waals surface area contributed by atoms with Gasteiger partial charge in [0.25, 0.3) is 0 Å². The summed E-state index contributed by atoms with van der Waals surface area (Å²) in [6, 6.07) is 9.98. The summed E-state index contributed by atoms with van der Waals surface area (Å²) in [5.74, 6) is 6.30. The second-order valence-corrected chi connectivity index (χ2v) is 7.00. The van der Waals surface area contributed by atoms with Gasteiger partial charge in [-0.2, -0.15) is 0 Å². The number of hydrogen-bond acceptors (Lipinski definition) is 8. The van der Waals surface area contributed by atoms with E-state index in [2.05, 4.69) is 15.5 Å². The van der Waals surface area contributed by atoms with Crippen molar-refractivity contribution < 1.29 is 18.7 Å². The Morgan fingerprint density at radius 1 is 1.24 bits per heavy atom. The quantitative estimate of drug-likeness (QED) is 0.236. The highest BCUT2D eigenvalue weighted by Crippen LogP contribution is 2.22. The fourth-order valence-electron chi connectivity index (χ4n) is 2.36. The Labute approximate surface area is 171 Å². The molecule has 2 heterocycles. The summed E-state index contributed by atoms with van der Waals surface area (Å²) in [6.07, 6.45) is 3.30. The van der Waals surface area contributed by atoms with Gasteiger partial charge in [0.15, 0.2) is 5.76 Å². The SMILES string of the molecule is CCCCOC(=O)c1ccc(NC(=O)CSc2nnc(-c3ccco3)n2N)cc1. The van der Waals surface area contributed by atoms with Gasteiger partial charge in [-0.3, -0.25) is 4.79 Å². The van der Waals surface area contributed by atoms with E-state index in [1.165, 1.54) is 10.9 Å². The highest BCUT2D eigenvalue weighted by Gasteiger charge is 2.15. The van der Waals surface area contributed by atoms with E-state index in [0.717, 1.165) is 24.6 Å². The third-order valence-corrected chi connectivity index (χ3v) is 4.82. The molecule has 0 atom stereocenters. The molecule has 0 saturated heterocycles. The van der Waals surface area contributed by atoms with Crippen molar-refractivity contribution in [3.63, 3.8) is 0 Å². The van der Waals surface area contributed by atoms with Crippen LogP contribution in [0.4, 0.5) is 5.69 Å². The van der Waals surface area contributed by atoms with E-state index in [9.17, 15) is 9.59 Å². The average Bonchev–Trinajstić information content (AvgIpc) is 3.37. The summed E-state index contributed by atoms with van der Waals surface area (Å²) in [6.45, 7) is 2.43. The van der Waals surface area contributed by atoms with Crippen LogP contribution in [0.2, 0.25) is 0 Å². The van der Waals surface area contributed by atoms with Crippen molar-refractivity contribution >= 4 is 29.3 Å². The predicted molar refractivity (Wildman–Crippen MR) is 109 cm³/mol. The minimum atomic E-state index is -0.374. The predicted octanol–water partition coefficient (Wildman–Crippen LogP) is 2.94. The second kappa shape index (κ2) is 9.78. The van der Waals surface area contributed by atoms with E-state index in [1.54, 1.807) is 36.4 Å². The minimum absolute atomic E-state index is 0.0916. The van der Waals surface area contributed by atoms with Crippen LogP contribution in [0.25, 0.3) is 11.6 Å². The normalized spacial score (nSPS) is 10.7. The molecule has 0 unspecified atom stereocenters. The summed E-state index contributed by atoms with van der Waals surface area (Å²) in [7, 11) is 0. The molecule has 10 heteroatoms. The first kappa shape index (κ1) is 20.5. The zero-order valence-electron chi connectivity index (χ0n) is 15.8. The molecular formula is C19H21N5O4S. The molecule has 1 aromatic carbocycles. The van der Waals surface area contributed by atoms with E-state index < -0.39 is 0 Å². The molecule has 0 bridgehead atoms. The molecule has 0 fully saturated rings. The molecule has 9 nitrogen and oxygen atoms in total. The third-order valence-electron chi connectivity index (χ3n) is 3.87. The fourth-order valence-corrected chi connectivity index (χ4v) is 3.02. The summed E-state index contributed by atoms with van der Waals surface area (Å²) in [5, 5.41) is 11.1.